The molecule has 0 saturated heterocycles. The van der Waals surface area contributed by atoms with Crippen LogP contribution >= 0.6 is 0 Å². The minimum Gasteiger partial charge on any atom is -0.550 e. The molecular formula is C25H38O6-2. The normalized spacial score (nSPS) is 28.1. The van der Waals surface area contributed by atoms with Gasteiger partial charge < -0.3 is 29.3 Å². The highest BCUT2D eigenvalue weighted by molar-refractivity contribution is 5.74. The first-order valence-electron chi connectivity index (χ1n) is 11.7. The number of hydrogen-bond donors (Lipinski definition) is 0. The Kier molecular flexibility index (Phi) is 10.4. The van der Waals surface area contributed by atoms with E-state index in [1.807, 2.05) is 0 Å². The zero-order valence-corrected chi connectivity index (χ0v) is 18.7. The maximum atomic E-state index is 12.4. The maximum absolute atomic E-state index is 12.4. The summed E-state index contributed by atoms with van der Waals surface area (Å²) in [5, 5.41) is 23.6. The van der Waals surface area contributed by atoms with E-state index in [0.29, 0.717) is 37.9 Å². The third-order valence-electron chi connectivity index (χ3n) is 7.43. The molecule has 0 aromatic rings. The second-order valence-electron chi connectivity index (χ2n) is 9.62. The van der Waals surface area contributed by atoms with Crippen LogP contribution in [-0.4, -0.2) is 25.2 Å². The van der Waals surface area contributed by atoms with Crippen LogP contribution in [0.5, 0.6) is 0 Å². The van der Waals surface area contributed by atoms with Crippen molar-refractivity contribution in [3.05, 3.63) is 25.7 Å². The van der Waals surface area contributed by atoms with E-state index in [1.165, 1.54) is 12.5 Å². The van der Waals surface area contributed by atoms with Crippen molar-refractivity contribution < 1.29 is 29.3 Å². The Balaban J connectivity index is 2.00. The number of hydrogen-bond acceptors (Lipinski definition) is 6. The number of aliphatic carboxylic acids is 2. The predicted octanol–water partition coefficient (Wildman–Crippen LogP) is 2.97. The van der Waals surface area contributed by atoms with Crippen molar-refractivity contribution in [3.63, 3.8) is 0 Å². The molecule has 0 aromatic heterocycles. The summed E-state index contributed by atoms with van der Waals surface area (Å²) in [6.45, 7) is 8.47. The Morgan fingerprint density at radius 1 is 0.774 bits per heavy atom. The summed E-state index contributed by atoms with van der Waals surface area (Å²) in [6.07, 6.45) is 11.5. The molecule has 176 valence electrons. The number of carboxylic acid groups (broad SMARTS) is 2. The van der Waals surface area contributed by atoms with E-state index in [4.69, 9.17) is 9.47 Å². The Morgan fingerprint density at radius 3 is 1.48 bits per heavy atom. The van der Waals surface area contributed by atoms with Crippen LogP contribution in [0.15, 0.2) is 25.7 Å². The third-order valence-corrected chi connectivity index (χ3v) is 7.43. The van der Waals surface area contributed by atoms with E-state index >= 15 is 0 Å². The third kappa shape index (κ3) is 8.23. The fourth-order valence-electron chi connectivity index (χ4n) is 5.62. The number of carboxylic acids is 2. The van der Waals surface area contributed by atoms with Crippen molar-refractivity contribution in [3.8, 4) is 0 Å². The minimum absolute atomic E-state index is 0.0939. The molecule has 0 aliphatic heterocycles. The molecule has 0 amide bonds. The van der Waals surface area contributed by atoms with E-state index in [1.54, 1.807) is 0 Å². The number of ether oxygens (including phenoxy) is 2. The van der Waals surface area contributed by atoms with Gasteiger partial charge in [0.25, 0.3) is 0 Å². The summed E-state index contributed by atoms with van der Waals surface area (Å²) in [5.74, 6) is -0.788. The van der Waals surface area contributed by atoms with Gasteiger partial charge in [0.05, 0.1) is 25.7 Å². The number of carbonyl (C=O) groups is 2. The van der Waals surface area contributed by atoms with Crippen LogP contribution in [0.3, 0.4) is 0 Å². The van der Waals surface area contributed by atoms with Gasteiger partial charge in [-0.2, -0.15) is 0 Å². The fourth-order valence-corrected chi connectivity index (χ4v) is 5.62. The summed E-state index contributed by atoms with van der Waals surface area (Å²) in [4.78, 5) is 23.6. The van der Waals surface area contributed by atoms with Crippen molar-refractivity contribution in [1.29, 1.82) is 0 Å². The minimum atomic E-state index is -1.19. The van der Waals surface area contributed by atoms with Gasteiger partial charge in [0, 0.05) is 17.4 Å². The van der Waals surface area contributed by atoms with Crippen LogP contribution in [0.4, 0.5) is 0 Å². The molecular weight excluding hydrogens is 396 g/mol. The van der Waals surface area contributed by atoms with Gasteiger partial charge in [0.1, 0.15) is 0 Å². The van der Waals surface area contributed by atoms with Crippen LogP contribution in [0, 0.1) is 29.1 Å². The van der Waals surface area contributed by atoms with Crippen molar-refractivity contribution in [2.75, 3.05) is 13.2 Å². The van der Waals surface area contributed by atoms with Crippen molar-refractivity contribution >= 4 is 11.9 Å². The van der Waals surface area contributed by atoms with Gasteiger partial charge >= 0.3 is 0 Å². The van der Waals surface area contributed by atoms with E-state index < -0.39 is 17.4 Å². The molecule has 0 atom stereocenters. The molecule has 6 nitrogen and oxygen atoms in total. The quantitative estimate of drug-likeness (QED) is 0.390. The molecule has 2 aliphatic rings. The summed E-state index contributed by atoms with van der Waals surface area (Å²) in [6, 6.07) is 0. The van der Waals surface area contributed by atoms with E-state index in [2.05, 4.69) is 13.2 Å². The molecule has 0 heterocycles. The zero-order chi connectivity index (χ0) is 22.7. The highest BCUT2D eigenvalue weighted by atomic mass is 16.5. The van der Waals surface area contributed by atoms with E-state index in [9.17, 15) is 19.8 Å². The van der Waals surface area contributed by atoms with Crippen molar-refractivity contribution in [1.82, 2.24) is 0 Å². The van der Waals surface area contributed by atoms with Gasteiger partial charge in [-0.15, -0.1) is 0 Å². The Morgan fingerprint density at radius 2 is 1.16 bits per heavy atom. The molecule has 0 spiro atoms. The van der Waals surface area contributed by atoms with Crippen LogP contribution in [0.2, 0.25) is 0 Å². The Hall–Kier alpha value is -1.98. The molecule has 0 unspecified atom stereocenters. The highest BCUT2D eigenvalue weighted by Gasteiger charge is 2.38. The predicted molar refractivity (Wildman–Crippen MR) is 114 cm³/mol. The zero-order valence-electron chi connectivity index (χ0n) is 18.7. The molecule has 2 aliphatic carbocycles. The lowest BCUT2D eigenvalue weighted by Gasteiger charge is -2.43. The lowest BCUT2D eigenvalue weighted by atomic mass is 9.65. The van der Waals surface area contributed by atoms with Crippen molar-refractivity contribution in [2.45, 2.75) is 77.0 Å². The summed E-state index contributed by atoms with van der Waals surface area (Å²) in [5.41, 5.74) is -1.09. The SMILES string of the molecule is C=COCC1CCC(CC(CCC(=O)[O-])(CC2CCC(COC=C)CC2)C(=O)[O-])CC1. The van der Waals surface area contributed by atoms with Gasteiger partial charge in [0.2, 0.25) is 0 Å². The van der Waals surface area contributed by atoms with Crippen LogP contribution < -0.4 is 10.2 Å². The molecule has 6 heteroatoms. The van der Waals surface area contributed by atoms with Gasteiger partial charge in [-0.3, -0.25) is 0 Å². The lowest BCUT2D eigenvalue weighted by Crippen LogP contribution is -2.46. The first-order chi connectivity index (χ1) is 14.9. The number of rotatable bonds is 14. The Bertz CT molecular complexity index is 551. The molecule has 2 rings (SSSR count). The second-order valence-corrected chi connectivity index (χ2v) is 9.62. The molecule has 31 heavy (non-hydrogen) atoms. The maximum Gasteiger partial charge on any atom is 0.0901 e. The standard InChI is InChI=1S/C25H40O6/c1-3-30-17-21-9-5-19(6-10-21)15-25(24(28)29,14-13-23(26)27)16-20-7-11-22(12-8-20)18-31-4-2/h3-4,19-22H,1-2,5-18H2,(H,26,27)(H,28,29)/p-2. The lowest BCUT2D eigenvalue weighted by molar-refractivity contribution is -0.323. The van der Waals surface area contributed by atoms with Gasteiger partial charge in [-0.25, -0.2) is 0 Å². The van der Waals surface area contributed by atoms with Crippen LogP contribution in [-0.2, 0) is 19.1 Å². The van der Waals surface area contributed by atoms with E-state index in [0.717, 1.165) is 51.4 Å². The summed E-state index contributed by atoms with van der Waals surface area (Å²) < 4.78 is 10.6. The first kappa shape index (κ1) is 25.3. The van der Waals surface area contributed by atoms with Crippen molar-refractivity contribution in [2.24, 2.45) is 29.1 Å². The monoisotopic (exact) mass is 434 g/mol. The van der Waals surface area contributed by atoms with Gasteiger partial charge in [-0.05, 0) is 75.0 Å². The first-order valence-corrected chi connectivity index (χ1v) is 11.7. The number of carbonyl (C=O) groups excluding carboxylic acids is 2. The van der Waals surface area contributed by atoms with Gasteiger partial charge in [-0.1, -0.05) is 38.8 Å². The molecule has 0 aromatic carbocycles. The van der Waals surface area contributed by atoms with E-state index in [-0.39, 0.29) is 24.7 Å². The van der Waals surface area contributed by atoms with Crippen LogP contribution in [0.1, 0.15) is 77.0 Å². The summed E-state index contributed by atoms with van der Waals surface area (Å²) >= 11 is 0. The largest absolute Gasteiger partial charge is 0.550 e. The fraction of sp³-hybridized carbons (Fsp3) is 0.760. The average molecular weight is 435 g/mol. The second kappa shape index (κ2) is 12.8. The highest BCUT2D eigenvalue weighted by Crippen LogP contribution is 2.46. The molecule has 0 N–H and O–H groups in total. The average Bonchev–Trinajstić information content (AvgIpc) is 2.76. The smallest absolute Gasteiger partial charge is 0.0901 e. The molecule has 0 radical (unpaired) electrons. The summed E-state index contributed by atoms with van der Waals surface area (Å²) in [7, 11) is 0. The van der Waals surface area contributed by atoms with Gasteiger partial charge in [0.15, 0.2) is 0 Å². The Labute approximate surface area is 186 Å². The molecule has 2 fully saturated rings. The van der Waals surface area contributed by atoms with Crippen LogP contribution in [0.25, 0.3) is 0 Å². The topological polar surface area (TPSA) is 98.7 Å². The molecule has 2 saturated carbocycles. The molecule has 0 bridgehead atoms.